The number of halogens is 2. The van der Waals surface area contributed by atoms with Crippen LogP contribution in [0.25, 0.3) is 0 Å². The maximum Gasteiger partial charge on any atom is 0.239 e. The number of amides is 1. The Labute approximate surface area is 159 Å². The number of nitrogens with one attached hydrogen (secondary N) is 1. The average Bonchev–Trinajstić information content (AvgIpc) is 3.11. The van der Waals surface area contributed by atoms with Crippen LogP contribution in [0.4, 0.5) is 4.39 Å². The molecule has 1 aliphatic heterocycles. The maximum absolute atomic E-state index is 13.6. The topological polar surface area (TPSA) is 41.6 Å². The van der Waals surface area contributed by atoms with E-state index in [4.69, 9.17) is 4.74 Å². The van der Waals surface area contributed by atoms with E-state index in [9.17, 15) is 9.18 Å². The van der Waals surface area contributed by atoms with Crippen molar-refractivity contribution in [2.24, 2.45) is 0 Å². The SMILES string of the molecule is CN(C)C(=O)[C@@H]1CC[C@H](c2ccc(OCc3ccccc3F)cc2)N1.Cl. The third-order valence-corrected chi connectivity index (χ3v) is 4.52. The molecule has 1 aliphatic rings. The van der Waals surface area contributed by atoms with Crippen molar-refractivity contribution in [3.63, 3.8) is 0 Å². The second kappa shape index (κ2) is 9.01. The van der Waals surface area contributed by atoms with Crippen LogP contribution in [0.3, 0.4) is 0 Å². The molecular formula is C20H24ClFN2O2. The molecule has 0 spiro atoms. The minimum Gasteiger partial charge on any atom is -0.489 e. The molecule has 2 atom stereocenters. The molecule has 3 rings (SSSR count). The standard InChI is InChI=1S/C20H23FN2O2.ClH/c1-23(2)20(24)19-12-11-18(22-19)14-7-9-16(10-8-14)25-13-15-5-3-4-6-17(15)21;/h3-10,18-19,22H,11-13H2,1-2H3;1H/t18-,19+;/m1./s1. The summed E-state index contributed by atoms with van der Waals surface area (Å²) in [6.45, 7) is 0.201. The van der Waals surface area contributed by atoms with E-state index in [1.807, 2.05) is 24.3 Å². The summed E-state index contributed by atoms with van der Waals surface area (Å²) >= 11 is 0. The Morgan fingerprint density at radius 1 is 1.15 bits per heavy atom. The van der Waals surface area contributed by atoms with E-state index < -0.39 is 0 Å². The van der Waals surface area contributed by atoms with Crippen LogP contribution in [0.5, 0.6) is 5.75 Å². The fourth-order valence-electron chi connectivity index (χ4n) is 3.09. The summed E-state index contributed by atoms with van der Waals surface area (Å²) in [7, 11) is 3.55. The third kappa shape index (κ3) is 4.74. The maximum atomic E-state index is 13.6. The van der Waals surface area contributed by atoms with Gasteiger partial charge in [0.15, 0.2) is 0 Å². The van der Waals surface area contributed by atoms with E-state index in [1.165, 1.54) is 6.07 Å². The molecule has 2 aromatic rings. The highest BCUT2D eigenvalue weighted by molar-refractivity contribution is 5.85. The molecule has 1 fully saturated rings. The Hall–Kier alpha value is -2.11. The summed E-state index contributed by atoms with van der Waals surface area (Å²) in [6.07, 6.45) is 1.77. The van der Waals surface area contributed by atoms with Crippen molar-refractivity contribution >= 4 is 18.3 Å². The molecule has 2 aromatic carbocycles. The monoisotopic (exact) mass is 378 g/mol. The minimum atomic E-state index is -0.258. The zero-order valence-corrected chi connectivity index (χ0v) is 15.8. The number of carbonyl (C=O) groups excluding carboxylic acids is 1. The molecule has 0 aliphatic carbocycles. The van der Waals surface area contributed by atoms with Crippen LogP contribution in [0, 0.1) is 5.82 Å². The highest BCUT2D eigenvalue weighted by atomic mass is 35.5. The molecule has 1 N–H and O–H groups in total. The highest BCUT2D eigenvalue weighted by Gasteiger charge is 2.30. The predicted octanol–water partition coefficient (Wildman–Crippen LogP) is 3.71. The van der Waals surface area contributed by atoms with Gasteiger partial charge in [0.05, 0.1) is 6.04 Å². The number of hydrogen-bond donors (Lipinski definition) is 1. The second-order valence-electron chi connectivity index (χ2n) is 6.53. The number of likely N-dealkylation sites (N-methyl/N-ethyl adjacent to an activating group) is 1. The molecule has 1 amide bonds. The van der Waals surface area contributed by atoms with Crippen LogP contribution in [-0.2, 0) is 11.4 Å². The van der Waals surface area contributed by atoms with Gasteiger partial charge in [-0.2, -0.15) is 0 Å². The van der Waals surface area contributed by atoms with Gasteiger partial charge in [-0.1, -0.05) is 30.3 Å². The van der Waals surface area contributed by atoms with Gasteiger partial charge in [0.1, 0.15) is 18.2 Å². The first kappa shape index (κ1) is 20.2. The van der Waals surface area contributed by atoms with Crippen LogP contribution >= 0.6 is 12.4 Å². The fraction of sp³-hybridized carbons (Fsp3) is 0.350. The summed E-state index contributed by atoms with van der Waals surface area (Å²) in [5.41, 5.74) is 1.67. The number of rotatable bonds is 5. The Balaban J connectivity index is 0.00000243. The number of carbonyl (C=O) groups is 1. The zero-order chi connectivity index (χ0) is 17.8. The first-order chi connectivity index (χ1) is 12.0. The highest BCUT2D eigenvalue weighted by Crippen LogP contribution is 2.28. The summed E-state index contributed by atoms with van der Waals surface area (Å²) in [6, 6.07) is 14.4. The van der Waals surface area contributed by atoms with Crippen molar-refractivity contribution in [2.75, 3.05) is 14.1 Å². The molecule has 0 radical (unpaired) electrons. The van der Waals surface area contributed by atoms with Crippen molar-refractivity contribution in [3.8, 4) is 5.75 Å². The molecule has 1 heterocycles. The largest absolute Gasteiger partial charge is 0.489 e. The molecule has 0 bridgehead atoms. The Morgan fingerprint density at radius 2 is 1.85 bits per heavy atom. The Morgan fingerprint density at radius 3 is 2.50 bits per heavy atom. The molecule has 0 unspecified atom stereocenters. The van der Waals surface area contributed by atoms with E-state index in [1.54, 1.807) is 37.2 Å². The van der Waals surface area contributed by atoms with Gasteiger partial charge in [-0.15, -0.1) is 12.4 Å². The molecule has 26 heavy (non-hydrogen) atoms. The van der Waals surface area contributed by atoms with Gasteiger partial charge in [-0.3, -0.25) is 10.1 Å². The van der Waals surface area contributed by atoms with Crippen molar-refractivity contribution in [2.45, 2.75) is 31.5 Å². The van der Waals surface area contributed by atoms with Crippen LogP contribution in [-0.4, -0.2) is 30.9 Å². The van der Waals surface area contributed by atoms with Gasteiger partial charge in [0, 0.05) is 25.7 Å². The average molecular weight is 379 g/mol. The van der Waals surface area contributed by atoms with Crippen molar-refractivity contribution in [1.82, 2.24) is 10.2 Å². The van der Waals surface area contributed by atoms with Gasteiger partial charge < -0.3 is 9.64 Å². The van der Waals surface area contributed by atoms with E-state index in [0.29, 0.717) is 11.3 Å². The normalized spacial score (nSPS) is 18.9. The number of benzene rings is 2. The third-order valence-electron chi connectivity index (χ3n) is 4.52. The van der Waals surface area contributed by atoms with E-state index >= 15 is 0 Å². The van der Waals surface area contributed by atoms with Gasteiger partial charge in [0.25, 0.3) is 0 Å². The predicted molar refractivity (Wildman–Crippen MR) is 102 cm³/mol. The van der Waals surface area contributed by atoms with Gasteiger partial charge in [-0.05, 0) is 36.6 Å². The lowest BCUT2D eigenvalue weighted by Gasteiger charge is -2.18. The van der Waals surface area contributed by atoms with Crippen LogP contribution in [0.15, 0.2) is 48.5 Å². The van der Waals surface area contributed by atoms with E-state index in [-0.39, 0.29) is 42.8 Å². The number of hydrogen-bond acceptors (Lipinski definition) is 3. The van der Waals surface area contributed by atoms with Crippen LogP contribution < -0.4 is 10.1 Å². The summed E-state index contributed by atoms with van der Waals surface area (Å²) in [5, 5.41) is 3.39. The van der Waals surface area contributed by atoms with E-state index in [2.05, 4.69) is 5.32 Å². The number of ether oxygens (including phenoxy) is 1. The Kier molecular flexibility index (Phi) is 7.00. The number of nitrogens with zero attached hydrogens (tertiary/aromatic N) is 1. The van der Waals surface area contributed by atoms with Crippen molar-refractivity contribution < 1.29 is 13.9 Å². The lowest BCUT2D eigenvalue weighted by Crippen LogP contribution is -2.40. The first-order valence-corrected chi connectivity index (χ1v) is 8.48. The van der Waals surface area contributed by atoms with Gasteiger partial charge >= 0.3 is 0 Å². The van der Waals surface area contributed by atoms with E-state index in [0.717, 1.165) is 18.4 Å². The summed E-state index contributed by atoms with van der Waals surface area (Å²) in [4.78, 5) is 13.7. The van der Waals surface area contributed by atoms with Crippen LogP contribution in [0.2, 0.25) is 0 Å². The lowest BCUT2D eigenvalue weighted by atomic mass is 10.1. The minimum absolute atomic E-state index is 0. The quantitative estimate of drug-likeness (QED) is 0.862. The second-order valence-corrected chi connectivity index (χ2v) is 6.53. The van der Waals surface area contributed by atoms with Gasteiger partial charge in [0.2, 0.25) is 5.91 Å². The molecular weight excluding hydrogens is 355 g/mol. The molecule has 140 valence electrons. The lowest BCUT2D eigenvalue weighted by molar-refractivity contribution is -0.130. The van der Waals surface area contributed by atoms with Crippen molar-refractivity contribution in [1.29, 1.82) is 0 Å². The molecule has 4 nitrogen and oxygen atoms in total. The first-order valence-electron chi connectivity index (χ1n) is 8.48. The molecule has 1 saturated heterocycles. The molecule has 6 heteroatoms. The Bertz CT molecular complexity index is 737. The summed E-state index contributed by atoms with van der Waals surface area (Å²) < 4.78 is 19.3. The van der Waals surface area contributed by atoms with Gasteiger partial charge in [-0.25, -0.2) is 4.39 Å². The molecule has 0 aromatic heterocycles. The fourth-order valence-corrected chi connectivity index (χ4v) is 3.09. The molecule has 0 saturated carbocycles. The smallest absolute Gasteiger partial charge is 0.239 e. The van der Waals surface area contributed by atoms with Crippen LogP contribution in [0.1, 0.15) is 30.0 Å². The zero-order valence-electron chi connectivity index (χ0n) is 14.9. The van der Waals surface area contributed by atoms with Crippen molar-refractivity contribution in [3.05, 3.63) is 65.5 Å². The summed E-state index contributed by atoms with van der Waals surface area (Å²) in [5.74, 6) is 0.559.